The molecule has 1 aromatic heterocycles. The summed E-state index contributed by atoms with van der Waals surface area (Å²) in [6.45, 7) is 7.09. The fourth-order valence-electron chi connectivity index (χ4n) is 4.17. The van der Waals surface area contributed by atoms with E-state index >= 15 is 0 Å². The van der Waals surface area contributed by atoms with Gasteiger partial charge in [-0.15, -0.1) is 0 Å². The van der Waals surface area contributed by atoms with E-state index in [9.17, 15) is 4.79 Å². The van der Waals surface area contributed by atoms with Crippen molar-refractivity contribution in [2.45, 2.75) is 39.3 Å². The van der Waals surface area contributed by atoms with Gasteiger partial charge >= 0.3 is 6.03 Å². The van der Waals surface area contributed by atoms with Crippen LogP contribution in [-0.2, 0) is 4.74 Å². The monoisotopic (exact) mass is 367 g/mol. The second kappa shape index (κ2) is 6.85. The molecule has 3 atom stereocenters. The normalized spacial score (nSPS) is 25.2. The molecule has 1 saturated carbocycles. The summed E-state index contributed by atoms with van der Waals surface area (Å²) in [6.07, 6.45) is 2.85. The van der Waals surface area contributed by atoms with Gasteiger partial charge in [0.25, 0.3) is 0 Å². The zero-order valence-electron chi connectivity index (χ0n) is 15.9. The van der Waals surface area contributed by atoms with Crippen LogP contribution in [0.4, 0.5) is 10.5 Å². The predicted octanol–water partition coefficient (Wildman–Crippen LogP) is 4.12. The summed E-state index contributed by atoms with van der Waals surface area (Å²) in [4.78, 5) is 16.6. The zero-order valence-corrected chi connectivity index (χ0v) is 15.9. The van der Waals surface area contributed by atoms with Crippen LogP contribution in [0.3, 0.4) is 0 Å². The van der Waals surface area contributed by atoms with Crippen molar-refractivity contribution in [1.29, 1.82) is 0 Å². The second-order valence-corrected chi connectivity index (χ2v) is 7.94. The van der Waals surface area contributed by atoms with Crippen LogP contribution in [0.1, 0.15) is 25.8 Å². The second-order valence-electron chi connectivity index (χ2n) is 7.94. The molecule has 4 rings (SSSR count). The summed E-state index contributed by atoms with van der Waals surface area (Å²) in [5.74, 6) is 1.62. The van der Waals surface area contributed by atoms with Gasteiger partial charge < -0.3 is 20.1 Å². The van der Waals surface area contributed by atoms with Gasteiger partial charge in [-0.25, -0.2) is 9.78 Å². The Hall–Kier alpha value is -2.60. The fourth-order valence-corrected chi connectivity index (χ4v) is 4.17. The summed E-state index contributed by atoms with van der Waals surface area (Å²) in [6, 6.07) is 11.2. The maximum absolute atomic E-state index is 12.4. The highest BCUT2D eigenvalue weighted by Gasteiger charge is 2.59. The lowest BCUT2D eigenvalue weighted by molar-refractivity contribution is -0.107. The van der Waals surface area contributed by atoms with Crippen molar-refractivity contribution in [1.82, 2.24) is 10.3 Å². The molecule has 6 heteroatoms. The van der Waals surface area contributed by atoms with Crippen LogP contribution in [-0.4, -0.2) is 29.8 Å². The van der Waals surface area contributed by atoms with Gasteiger partial charge in [-0.05, 0) is 31.5 Å². The third-order valence-electron chi connectivity index (χ3n) is 5.62. The molecular weight excluding hydrogens is 342 g/mol. The molecule has 2 amide bonds. The van der Waals surface area contributed by atoms with Gasteiger partial charge in [0.1, 0.15) is 5.75 Å². The molecular formula is C21H25N3O3. The lowest BCUT2D eigenvalue weighted by Crippen LogP contribution is -2.67. The molecule has 0 spiro atoms. The third-order valence-corrected chi connectivity index (χ3v) is 5.62. The van der Waals surface area contributed by atoms with Gasteiger partial charge in [0, 0.05) is 30.0 Å². The Balaban J connectivity index is 1.33. The van der Waals surface area contributed by atoms with Crippen LogP contribution in [0.15, 0.2) is 42.6 Å². The van der Waals surface area contributed by atoms with Gasteiger partial charge in [0.05, 0.1) is 18.0 Å². The van der Waals surface area contributed by atoms with Crippen LogP contribution in [0.25, 0.3) is 0 Å². The van der Waals surface area contributed by atoms with Gasteiger partial charge in [-0.2, -0.15) is 0 Å². The largest absolute Gasteiger partial charge is 0.439 e. The van der Waals surface area contributed by atoms with Crippen molar-refractivity contribution in [3.8, 4) is 11.6 Å². The van der Waals surface area contributed by atoms with Crippen molar-refractivity contribution in [2.75, 3.05) is 11.9 Å². The molecule has 1 aliphatic carbocycles. The number of urea groups is 1. The average molecular weight is 367 g/mol. The van der Waals surface area contributed by atoms with Crippen molar-refractivity contribution in [3.63, 3.8) is 0 Å². The smallest absolute Gasteiger partial charge is 0.319 e. The highest BCUT2D eigenvalue weighted by molar-refractivity contribution is 5.89. The molecule has 2 heterocycles. The van der Waals surface area contributed by atoms with Crippen LogP contribution >= 0.6 is 0 Å². The summed E-state index contributed by atoms with van der Waals surface area (Å²) >= 11 is 0. The van der Waals surface area contributed by atoms with Crippen molar-refractivity contribution in [3.05, 3.63) is 48.2 Å². The van der Waals surface area contributed by atoms with E-state index in [0.717, 1.165) is 18.8 Å². The number of amides is 2. The molecule has 0 unspecified atom stereocenters. The van der Waals surface area contributed by atoms with Gasteiger partial charge in [0.2, 0.25) is 5.88 Å². The third kappa shape index (κ3) is 3.49. The predicted molar refractivity (Wildman–Crippen MR) is 103 cm³/mol. The van der Waals surface area contributed by atoms with E-state index in [2.05, 4.69) is 29.5 Å². The quantitative estimate of drug-likeness (QED) is 0.853. The SMILES string of the molecule is Cc1ccc(Oc2ccc(NC(=O)N[C@@H]3[C@H]4CCO[C@H]4C3(C)C)cn2)cc1. The van der Waals surface area contributed by atoms with E-state index in [4.69, 9.17) is 9.47 Å². The van der Waals surface area contributed by atoms with Crippen molar-refractivity contribution >= 4 is 11.7 Å². The summed E-state index contributed by atoms with van der Waals surface area (Å²) < 4.78 is 11.5. The summed E-state index contributed by atoms with van der Waals surface area (Å²) in [5, 5.41) is 5.95. The van der Waals surface area contributed by atoms with E-state index < -0.39 is 0 Å². The number of nitrogens with zero attached hydrogens (tertiary/aromatic N) is 1. The molecule has 6 nitrogen and oxygen atoms in total. The van der Waals surface area contributed by atoms with E-state index in [1.807, 2.05) is 31.2 Å². The van der Waals surface area contributed by atoms with Gasteiger partial charge in [-0.1, -0.05) is 31.5 Å². The number of hydrogen-bond acceptors (Lipinski definition) is 4. The molecule has 1 aliphatic heterocycles. The standard InChI is InChI=1S/C21H25N3O3/c1-13-4-7-15(8-5-13)27-17-9-6-14(12-22-17)23-20(25)24-18-16-10-11-26-19(16)21(18,2)3/h4-9,12,16,18-19H,10-11H2,1-3H3,(H2,23,24,25)/t16-,18-,19-/m1/s1. The number of pyridine rings is 1. The number of aryl methyl sites for hydroxylation is 1. The molecule has 2 N–H and O–H groups in total. The van der Waals surface area contributed by atoms with E-state index in [0.29, 0.717) is 17.5 Å². The molecule has 1 saturated heterocycles. The minimum Gasteiger partial charge on any atom is -0.439 e. The Morgan fingerprint density at radius 3 is 2.70 bits per heavy atom. The molecule has 0 bridgehead atoms. The van der Waals surface area contributed by atoms with Crippen LogP contribution in [0, 0.1) is 18.3 Å². The summed E-state index contributed by atoms with van der Waals surface area (Å²) in [5.41, 5.74) is 1.76. The topological polar surface area (TPSA) is 72.5 Å². The Morgan fingerprint density at radius 1 is 1.22 bits per heavy atom. The Kier molecular flexibility index (Phi) is 4.52. The highest BCUT2D eigenvalue weighted by atomic mass is 16.5. The molecule has 0 radical (unpaired) electrons. The Morgan fingerprint density at radius 2 is 2.00 bits per heavy atom. The summed E-state index contributed by atoms with van der Waals surface area (Å²) in [7, 11) is 0. The number of anilines is 1. The van der Waals surface area contributed by atoms with Crippen molar-refractivity contribution < 1.29 is 14.3 Å². The zero-order chi connectivity index (χ0) is 19.0. The first-order chi connectivity index (χ1) is 12.9. The molecule has 2 aliphatic rings. The first-order valence-corrected chi connectivity index (χ1v) is 9.33. The Labute approximate surface area is 159 Å². The number of ether oxygens (including phenoxy) is 2. The van der Waals surface area contributed by atoms with Crippen LogP contribution < -0.4 is 15.4 Å². The number of hydrogen-bond donors (Lipinski definition) is 2. The minimum absolute atomic E-state index is 0.0392. The lowest BCUT2D eigenvalue weighted by atomic mass is 9.57. The average Bonchev–Trinajstić information content (AvgIpc) is 3.11. The number of carbonyl (C=O) groups is 1. The Bertz CT molecular complexity index is 818. The van der Waals surface area contributed by atoms with E-state index in [1.165, 1.54) is 5.56 Å². The number of rotatable bonds is 4. The number of benzene rings is 1. The van der Waals surface area contributed by atoms with Gasteiger partial charge in [-0.3, -0.25) is 0 Å². The van der Waals surface area contributed by atoms with Crippen molar-refractivity contribution in [2.24, 2.45) is 11.3 Å². The van der Waals surface area contributed by atoms with E-state index in [1.54, 1.807) is 18.3 Å². The maximum atomic E-state index is 12.4. The molecule has 1 aromatic carbocycles. The maximum Gasteiger partial charge on any atom is 0.319 e. The first-order valence-electron chi connectivity index (χ1n) is 9.33. The molecule has 27 heavy (non-hydrogen) atoms. The number of aromatic nitrogens is 1. The van der Waals surface area contributed by atoms with Crippen LogP contribution in [0.2, 0.25) is 0 Å². The number of carbonyl (C=O) groups excluding carboxylic acids is 1. The molecule has 142 valence electrons. The minimum atomic E-state index is -0.215. The fraction of sp³-hybridized carbons (Fsp3) is 0.429. The first kappa shape index (κ1) is 17.8. The van der Waals surface area contributed by atoms with E-state index in [-0.39, 0.29) is 23.6 Å². The number of fused-ring (bicyclic) bond motifs is 1. The van der Waals surface area contributed by atoms with Gasteiger partial charge in [0.15, 0.2) is 0 Å². The van der Waals surface area contributed by atoms with Crippen LogP contribution in [0.5, 0.6) is 11.6 Å². The molecule has 2 aromatic rings. The number of nitrogens with one attached hydrogen (secondary N) is 2. The molecule has 2 fully saturated rings. The highest BCUT2D eigenvalue weighted by Crippen LogP contribution is 2.52. The lowest BCUT2D eigenvalue weighted by Gasteiger charge is -2.54.